The summed E-state index contributed by atoms with van der Waals surface area (Å²) in [5, 5.41) is 3.49. The summed E-state index contributed by atoms with van der Waals surface area (Å²) in [6.45, 7) is 1.12. The molecule has 2 atom stereocenters. The standard InChI is InChI=1S/C10H15BrN2S/c11-9-5-4-8(14-9)10(12)7-3-1-2-6-13-7/h4-5,7,10,13H,1-3,6,12H2. The predicted octanol–water partition coefficient (Wildman–Crippen LogP) is 2.65. The average molecular weight is 275 g/mol. The molecule has 1 saturated heterocycles. The highest BCUT2D eigenvalue weighted by molar-refractivity contribution is 9.11. The van der Waals surface area contributed by atoms with E-state index in [2.05, 4.69) is 33.4 Å². The van der Waals surface area contributed by atoms with Gasteiger partial charge in [0.05, 0.1) is 9.83 Å². The normalized spacial score (nSPS) is 24.9. The molecule has 0 aromatic carbocycles. The summed E-state index contributed by atoms with van der Waals surface area (Å²) < 4.78 is 1.17. The van der Waals surface area contributed by atoms with Crippen LogP contribution in [0.1, 0.15) is 30.2 Å². The lowest BCUT2D eigenvalue weighted by atomic mass is 9.98. The highest BCUT2D eigenvalue weighted by atomic mass is 79.9. The van der Waals surface area contributed by atoms with Crippen LogP contribution in [0.3, 0.4) is 0 Å². The highest BCUT2D eigenvalue weighted by Gasteiger charge is 2.22. The Hall–Kier alpha value is 0.1000. The zero-order valence-electron chi connectivity index (χ0n) is 8.00. The molecule has 0 amide bonds. The van der Waals surface area contributed by atoms with Gasteiger partial charge in [-0.25, -0.2) is 0 Å². The summed E-state index contributed by atoms with van der Waals surface area (Å²) in [5.41, 5.74) is 6.21. The van der Waals surface area contributed by atoms with Crippen molar-refractivity contribution in [3.63, 3.8) is 0 Å². The fraction of sp³-hybridized carbons (Fsp3) is 0.600. The second kappa shape index (κ2) is 4.75. The molecule has 0 bridgehead atoms. The van der Waals surface area contributed by atoms with Gasteiger partial charge >= 0.3 is 0 Å². The molecular formula is C10H15BrN2S. The first kappa shape index (κ1) is 10.6. The van der Waals surface area contributed by atoms with Gasteiger partial charge in [-0.05, 0) is 47.4 Å². The van der Waals surface area contributed by atoms with Crippen LogP contribution in [-0.4, -0.2) is 12.6 Å². The Kier molecular flexibility index (Phi) is 3.60. The molecular weight excluding hydrogens is 260 g/mol. The van der Waals surface area contributed by atoms with Crippen molar-refractivity contribution in [2.45, 2.75) is 31.3 Å². The maximum absolute atomic E-state index is 6.21. The summed E-state index contributed by atoms with van der Waals surface area (Å²) in [6.07, 6.45) is 3.80. The molecule has 14 heavy (non-hydrogen) atoms. The summed E-state index contributed by atoms with van der Waals surface area (Å²) >= 11 is 5.21. The van der Waals surface area contributed by atoms with E-state index in [4.69, 9.17) is 5.73 Å². The Morgan fingerprint density at radius 3 is 2.93 bits per heavy atom. The molecule has 2 unspecified atom stereocenters. The van der Waals surface area contributed by atoms with Crippen molar-refractivity contribution in [2.24, 2.45) is 5.73 Å². The van der Waals surface area contributed by atoms with Gasteiger partial charge in [-0.3, -0.25) is 0 Å². The van der Waals surface area contributed by atoms with Gasteiger partial charge in [-0.2, -0.15) is 0 Å². The van der Waals surface area contributed by atoms with E-state index in [1.54, 1.807) is 11.3 Å². The second-order valence-corrected chi connectivity index (χ2v) is 6.22. The van der Waals surface area contributed by atoms with Crippen molar-refractivity contribution >= 4 is 27.3 Å². The summed E-state index contributed by atoms with van der Waals surface area (Å²) in [6, 6.07) is 4.82. The Balaban J connectivity index is 2.03. The van der Waals surface area contributed by atoms with Crippen LogP contribution in [0.25, 0.3) is 0 Å². The lowest BCUT2D eigenvalue weighted by molar-refractivity contribution is 0.356. The number of hydrogen-bond acceptors (Lipinski definition) is 3. The van der Waals surface area contributed by atoms with Gasteiger partial charge in [-0.15, -0.1) is 11.3 Å². The number of hydrogen-bond donors (Lipinski definition) is 2. The van der Waals surface area contributed by atoms with Crippen LogP contribution >= 0.6 is 27.3 Å². The van der Waals surface area contributed by atoms with Crippen LogP contribution in [0.15, 0.2) is 15.9 Å². The lowest BCUT2D eigenvalue weighted by Gasteiger charge is -2.28. The molecule has 1 aromatic rings. The quantitative estimate of drug-likeness (QED) is 0.870. The van der Waals surface area contributed by atoms with Crippen molar-refractivity contribution in [1.29, 1.82) is 0 Å². The van der Waals surface area contributed by atoms with Gasteiger partial charge in [-0.1, -0.05) is 6.42 Å². The molecule has 3 N–H and O–H groups in total. The van der Waals surface area contributed by atoms with Gasteiger partial charge in [0.1, 0.15) is 0 Å². The molecule has 0 radical (unpaired) electrons. The van der Waals surface area contributed by atoms with Crippen molar-refractivity contribution < 1.29 is 0 Å². The minimum absolute atomic E-state index is 0.159. The monoisotopic (exact) mass is 274 g/mol. The fourth-order valence-electron chi connectivity index (χ4n) is 1.89. The molecule has 78 valence electrons. The third-order valence-corrected chi connectivity index (χ3v) is 4.43. The maximum Gasteiger partial charge on any atom is 0.0702 e. The zero-order valence-corrected chi connectivity index (χ0v) is 10.4. The van der Waals surface area contributed by atoms with E-state index >= 15 is 0 Å². The van der Waals surface area contributed by atoms with E-state index in [1.165, 1.54) is 27.9 Å². The van der Waals surface area contributed by atoms with Gasteiger partial charge in [0.2, 0.25) is 0 Å². The number of piperidine rings is 1. The average Bonchev–Trinajstić information content (AvgIpc) is 2.65. The molecule has 2 rings (SSSR count). The number of rotatable bonds is 2. The number of nitrogens with one attached hydrogen (secondary N) is 1. The van der Waals surface area contributed by atoms with Crippen molar-refractivity contribution in [3.8, 4) is 0 Å². The highest BCUT2D eigenvalue weighted by Crippen LogP contribution is 2.29. The van der Waals surface area contributed by atoms with E-state index in [9.17, 15) is 0 Å². The van der Waals surface area contributed by atoms with Crippen LogP contribution in [0, 0.1) is 0 Å². The molecule has 1 aliphatic rings. The van der Waals surface area contributed by atoms with Crippen molar-refractivity contribution in [3.05, 3.63) is 20.8 Å². The lowest BCUT2D eigenvalue weighted by Crippen LogP contribution is -2.41. The van der Waals surface area contributed by atoms with E-state index in [1.807, 2.05) is 0 Å². The smallest absolute Gasteiger partial charge is 0.0702 e. The van der Waals surface area contributed by atoms with Gasteiger partial charge in [0.15, 0.2) is 0 Å². The number of halogens is 1. The minimum atomic E-state index is 0.159. The molecule has 2 heterocycles. The van der Waals surface area contributed by atoms with E-state index in [0.29, 0.717) is 6.04 Å². The third-order valence-electron chi connectivity index (χ3n) is 2.70. The van der Waals surface area contributed by atoms with Crippen LogP contribution in [0.5, 0.6) is 0 Å². The summed E-state index contributed by atoms with van der Waals surface area (Å²) in [5.74, 6) is 0. The number of nitrogens with two attached hydrogens (primary N) is 1. The van der Waals surface area contributed by atoms with Crippen LogP contribution < -0.4 is 11.1 Å². The first-order chi connectivity index (χ1) is 6.77. The van der Waals surface area contributed by atoms with Gasteiger partial charge < -0.3 is 11.1 Å². The van der Waals surface area contributed by atoms with E-state index in [0.717, 1.165) is 6.54 Å². The topological polar surface area (TPSA) is 38.0 Å². The predicted molar refractivity (Wildman–Crippen MR) is 64.6 cm³/mol. The molecule has 2 nitrogen and oxygen atoms in total. The minimum Gasteiger partial charge on any atom is -0.322 e. The van der Waals surface area contributed by atoms with Crippen molar-refractivity contribution in [1.82, 2.24) is 5.32 Å². The molecule has 1 aromatic heterocycles. The fourth-order valence-corrected chi connectivity index (χ4v) is 3.38. The Labute approximate surface area is 97.0 Å². The van der Waals surface area contributed by atoms with Crippen LogP contribution in [-0.2, 0) is 0 Å². The molecule has 1 fully saturated rings. The molecule has 0 spiro atoms. The second-order valence-electron chi connectivity index (χ2n) is 3.72. The summed E-state index contributed by atoms with van der Waals surface area (Å²) in [7, 11) is 0. The Morgan fingerprint density at radius 2 is 2.36 bits per heavy atom. The first-order valence-corrected chi connectivity index (χ1v) is 6.62. The van der Waals surface area contributed by atoms with Gasteiger partial charge in [0, 0.05) is 10.9 Å². The Morgan fingerprint density at radius 1 is 1.50 bits per heavy atom. The zero-order chi connectivity index (χ0) is 9.97. The Bertz CT molecular complexity index is 294. The van der Waals surface area contributed by atoms with Crippen LogP contribution in [0.2, 0.25) is 0 Å². The third kappa shape index (κ3) is 2.37. The molecule has 0 saturated carbocycles. The maximum atomic E-state index is 6.21. The van der Waals surface area contributed by atoms with E-state index < -0.39 is 0 Å². The molecule has 4 heteroatoms. The van der Waals surface area contributed by atoms with Crippen molar-refractivity contribution in [2.75, 3.05) is 6.54 Å². The van der Waals surface area contributed by atoms with Crippen LogP contribution in [0.4, 0.5) is 0 Å². The molecule has 0 aliphatic carbocycles. The first-order valence-electron chi connectivity index (χ1n) is 5.01. The largest absolute Gasteiger partial charge is 0.322 e. The molecule has 1 aliphatic heterocycles. The van der Waals surface area contributed by atoms with Gasteiger partial charge in [0.25, 0.3) is 0 Å². The summed E-state index contributed by atoms with van der Waals surface area (Å²) in [4.78, 5) is 1.27. The number of thiophene rings is 1. The van der Waals surface area contributed by atoms with E-state index in [-0.39, 0.29) is 6.04 Å². The SMILES string of the molecule is NC(c1ccc(Br)s1)C1CCCCN1.